The zero-order valence-electron chi connectivity index (χ0n) is 10.6. The highest BCUT2D eigenvalue weighted by molar-refractivity contribution is 6.05. The van der Waals surface area contributed by atoms with E-state index in [0.717, 1.165) is 25.7 Å². The van der Waals surface area contributed by atoms with Gasteiger partial charge in [-0.3, -0.25) is 19.3 Å². The van der Waals surface area contributed by atoms with E-state index in [2.05, 4.69) is 0 Å². The van der Waals surface area contributed by atoms with Gasteiger partial charge in [-0.2, -0.15) is 0 Å². The van der Waals surface area contributed by atoms with Crippen molar-refractivity contribution in [1.82, 2.24) is 4.90 Å². The molecule has 2 aliphatic carbocycles. The Hall–Kier alpha value is -1.65. The second-order valence-corrected chi connectivity index (χ2v) is 5.68. The van der Waals surface area contributed by atoms with Crippen molar-refractivity contribution in [2.24, 2.45) is 17.8 Å². The number of hydrogen-bond acceptors (Lipinski definition) is 3. The first-order chi connectivity index (χ1) is 9.09. The molecule has 1 N–H and O–H groups in total. The van der Waals surface area contributed by atoms with Crippen LogP contribution in [0.5, 0.6) is 0 Å². The summed E-state index contributed by atoms with van der Waals surface area (Å²) < 4.78 is 0. The average Bonchev–Trinajstić information content (AvgIpc) is 2.96. The van der Waals surface area contributed by atoms with Crippen LogP contribution in [0.2, 0.25) is 0 Å². The summed E-state index contributed by atoms with van der Waals surface area (Å²) in [5, 5.41) is 8.97. The number of carbonyl (C=O) groups is 3. The van der Waals surface area contributed by atoms with Gasteiger partial charge in [0, 0.05) is 0 Å². The first-order valence-electron chi connectivity index (χ1n) is 6.87. The van der Waals surface area contributed by atoms with Crippen LogP contribution in [0.15, 0.2) is 12.2 Å². The number of carbonyl (C=O) groups excluding carboxylic acids is 2. The van der Waals surface area contributed by atoms with Gasteiger partial charge in [0.1, 0.15) is 0 Å². The zero-order chi connectivity index (χ0) is 13.6. The van der Waals surface area contributed by atoms with Crippen LogP contribution < -0.4 is 0 Å². The predicted octanol–water partition coefficient (Wildman–Crippen LogP) is 1.19. The second-order valence-electron chi connectivity index (χ2n) is 5.68. The van der Waals surface area contributed by atoms with Crippen LogP contribution in [0.4, 0.5) is 0 Å². The largest absolute Gasteiger partial charge is 0.481 e. The first-order valence-corrected chi connectivity index (χ1v) is 6.87. The number of nitrogens with zero attached hydrogens (tertiary/aromatic N) is 1. The quantitative estimate of drug-likeness (QED) is 0.600. The van der Waals surface area contributed by atoms with Crippen molar-refractivity contribution in [2.45, 2.75) is 38.1 Å². The van der Waals surface area contributed by atoms with E-state index in [1.165, 1.54) is 4.90 Å². The standard InChI is InChI=1S/C14H17NO4/c16-12-10-3-1-2-4-11(10)13(17)15(12)9-6-5-8(7-9)14(18)19/h5-6,8-11H,1-4,7H2,(H,18,19). The maximum absolute atomic E-state index is 12.3. The van der Waals surface area contributed by atoms with E-state index in [1.54, 1.807) is 12.2 Å². The van der Waals surface area contributed by atoms with Crippen LogP contribution in [0.25, 0.3) is 0 Å². The van der Waals surface area contributed by atoms with Gasteiger partial charge in [-0.1, -0.05) is 25.0 Å². The number of fused-ring (bicyclic) bond motifs is 1. The number of amides is 2. The van der Waals surface area contributed by atoms with E-state index in [4.69, 9.17) is 5.11 Å². The number of carboxylic acids is 1. The number of imide groups is 1. The van der Waals surface area contributed by atoms with Crippen LogP contribution in [0.3, 0.4) is 0 Å². The molecule has 0 aromatic heterocycles. The second kappa shape index (κ2) is 4.47. The third-order valence-corrected chi connectivity index (χ3v) is 4.59. The molecule has 0 aromatic carbocycles. The van der Waals surface area contributed by atoms with Crippen LogP contribution in [0, 0.1) is 17.8 Å². The Morgan fingerprint density at radius 1 is 1.11 bits per heavy atom. The molecule has 3 aliphatic rings. The number of carboxylic acid groups (broad SMARTS) is 1. The Kier molecular flexibility index (Phi) is 2.92. The molecule has 1 saturated carbocycles. The van der Waals surface area contributed by atoms with Gasteiger partial charge in [-0.25, -0.2) is 0 Å². The molecule has 2 amide bonds. The van der Waals surface area contributed by atoms with E-state index in [9.17, 15) is 14.4 Å². The van der Waals surface area contributed by atoms with Gasteiger partial charge in [-0.15, -0.1) is 0 Å². The summed E-state index contributed by atoms with van der Waals surface area (Å²) in [7, 11) is 0. The molecule has 0 bridgehead atoms. The molecule has 1 heterocycles. The fourth-order valence-corrected chi connectivity index (χ4v) is 3.57. The first kappa shape index (κ1) is 12.4. The lowest BCUT2D eigenvalue weighted by Gasteiger charge is -2.21. The molecule has 3 rings (SSSR count). The van der Waals surface area contributed by atoms with Gasteiger partial charge in [0.15, 0.2) is 0 Å². The molecule has 1 saturated heterocycles. The van der Waals surface area contributed by atoms with Crippen molar-refractivity contribution in [3.8, 4) is 0 Å². The van der Waals surface area contributed by atoms with Crippen molar-refractivity contribution in [1.29, 1.82) is 0 Å². The van der Waals surface area contributed by atoms with Crippen molar-refractivity contribution in [3.05, 3.63) is 12.2 Å². The lowest BCUT2D eigenvalue weighted by molar-refractivity contribution is -0.144. The monoisotopic (exact) mass is 263 g/mol. The molecule has 0 radical (unpaired) electrons. The van der Waals surface area contributed by atoms with Gasteiger partial charge < -0.3 is 5.11 Å². The summed E-state index contributed by atoms with van der Waals surface area (Å²) >= 11 is 0. The zero-order valence-corrected chi connectivity index (χ0v) is 10.6. The van der Waals surface area contributed by atoms with Crippen molar-refractivity contribution < 1.29 is 19.5 Å². The molecular formula is C14H17NO4. The normalized spacial score (nSPS) is 37.8. The minimum atomic E-state index is -0.893. The van der Waals surface area contributed by atoms with Crippen LogP contribution >= 0.6 is 0 Å². The number of aliphatic carboxylic acids is 1. The van der Waals surface area contributed by atoms with E-state index in [0.29, 0.717) is 6.42 Å². The predicted molar refractivity (Wildman–Crippen MR) is 66.0 cm³/mol. The topological polar surface area (TPSA) is 74.7 Å². The summed E-state index contributed by atoms with van der Waals surface area (Å²) in [6, 6.07) is -0.355. The SMILES string of the molecule is O=C(O)C1C=CC(N2C(=O)C3CCCCC3C2=O)C1. The van der Waals surface area contributed by atoms with Crippen LogP contribution in [-0.4, -0.2) is 33.8 Å². The Balaban J connectivity index is 1.79. The summed E-state index contributed by atoms with van der Waals surface area (Å²) in [6.45, 7) is 0. The van der Waals surface area contributed by atoms with E-state index >= 15 is 0 Å². The highest BCUT2D eigenvalue weighted by Gasteiger charge is 2.50. The van der Waals surface area contributed by atoms with Gasteiger partial charge >= 0.3 is 5.97 Å². The summed E-state index contributed by atoms with van der Waals surface area (Å²) in [6.07, 6.45) is 7.22. The molecule has 4 unspecified atom stereocenters. The molecular weight excluding hydrogens is 246 g/mol. The Labute approximate surface area is 111 Å². The van der Waals surface area contributed by atoms with Gasteiger partial charge in [-0.05, 0) is 19.3 Å². The average molecular weight is 263 g/mol. The Morgan fingerprint density at radius 2 is 1.68 bits per heavy atom. The van der Waals surface area contributed by atoms with Crippen molar-refractivity contribution >= 4 is 17.8 Å². The highest BCUT2D eigenvalue weighted by Crippen LogP contribution is 2.40. The fourth-order valence-electron chi connectivity index (χ4n) is 3.57. The number of hydrogen-bond donors (Lipinski definition) is 1. The third kappa shape index (κ3) is 1.88. The molecule has 1 aliphatic heterocycles. The third-order valence-electron chi connectivity index (χ3n) is 4.59. The minimum Gasteiger partial charge on any atom is -0.481 e. The summed E-state index contributed by atoms with van der Waals surface area (Å²) in [5.74, 6) is -1.95. The number of likely N-dealkylation sites (tertiary alicyclic amines) is 1. The van der Waals surface area contributed by atoms with Crippen LogP contribution in [0.1, 0.15) is 32.1 Å². The Bertz CT molecular complexity index is 446. The van der Waals surface area contributed by atoms with E-state index in [-0.39, 0.29) is 29.7 Å². The number of rotatable bonds is 2. The van der Waals surface area contributed by atoms with E-state index < -0.39 is 11.9 Å². The molecule has 0 aromatic rings. The summed E-state index contributed by atoms with van der Waals surface area (Å²) in [5.41, 5.74) is 0. The minimum absolute atomic E-state index is 0.0876. The molecule has 4 atom stereocenters. The maximum Gasteiger partial charge on any atom is 0.310 e. The smallest absolute Gasteiger partial charge is 0.310 e. The molecule has 5 heteroatoms. The summed E-state index contributed by atoms with van der Waals surface area (Å²) in [4.78, 5) is 36.9. The molecule has 2 fully saturated rings. The lowest BCUT2D eigenvalue weighted by Crippen LogP contribution is -2.39. The highest BCUT2D eigenvalue weighted by atomic mass is 16.4. The molecule has 19 heavy (non-hydrogen) atoms. The van der Waals surface area contributed by atoms with Crippen molar-refractivity contribution in [3.63, 3.8) is 0 Å². The maximum atomic E-state index is 12.3. The fraction of sp³-hybridized carbons (Fsp3) is 0.643. The van der Waals surface area contributed by atoms with Gasteiger partial charge in [0.2, 0.25) is 11.8 Å². The van der Waals surface area contributed by atoms with Gasteiger partial charge in [0.05, 0.1) is 23.8 Å². The molecule has 5 nitrogen and oxygen atoms in total. The lowest BCUT2D eigenvalue weighted by atomic mass is 9.81. The van der Waals surface area contributed by atoms with Gasteiger partial charge in [0.25, 0.3) is 0 Å². The molecule has 0 spiro atoms. The van der Waals surface area contributed by atoms with E-state index in [1.807, 2.05) is 0 Å². The molecule has 102 valence electrons. The Morgan fingerprint density at radius 3 is 2.16 bits per heavy atom. The van der Waals surface area contributed by atoms with Crippen LogP contribution in [-0.2, 0) is 14.4 Å². The van der Waals surface area contributed by atoms with Crippen molar-refractivity contribution in [2.75, 3.05) is 0 Å².